The first-order valence-corrected chi connectivity index (χ1v) is 5.37. The van der Waals surface area contributed by atoms with Gasteiger partial charge in [0.05, 0.1) is 13.7 Å². The molecular formula is C12H14N2O3. The van der Waals surface area contributed by atoms with Crippen LogP contribution >= 0.6 is 0 Å². The van der Waals surface area contributed by atoms with Crippen LogP contribution in [0.1, 0.15) is 6.92 Å². The van der Waals surface area contributed by atoms with Crippen molar-refractivity contribution >= 4 is 17.5 Å². The molecule has 1 saturated heterocycles. The first-order valence-electron chi connectivity index (χ1n) is 5.37. The number of nitrogens with one attached hydrogen (secondary N) is 1. The SMILES string of the molecule is COc1cccc(N2C(=O)CNC(=O)C2C)c1. The molecule has 1 heterocycles. The minimum Gasteiger partial charge on any atom is -0.497 e. The molecule has 1 atom stereocenters. The lowest BCUT2D eigenvalue weighted by molar-refractivity contribution is -0.130. The van der Waals surface area contributed by atoms with E-state index in [1.54, 1.807) is 38.3 Å². The van der Waals surface area contributed by atoms with Gasteiger partial charge in [0.2, 0.25) is 11.8 Å². The Morgan fingerprint density at radius 1 is 1.41 bits per heavy atom. The fraction of sp³-hybridized carbons (Fsp3) is 0.333. The number of amides is 2. The van der Waals surface area contributed by atoms with E-state index in [9.17, 15) is 9.59 Å². The van der Waals surface area contributed by atoms with Crippen molar-refractivity contribution in [3.05, 3.63) is 24.3 Å². The average Bonchev–Trinajstić information content (AvgIpc) is 2.35. The number of hydrogen-bond donors (Lipinski definition) is 1. The molecule has 1 aliphatic heterocycles. The fourth-order valence-electron chi connectivity index (χ4n) is 1.86. The highest BCUT2D eigenvalue weighted by Crippen LogP contribution is 2.24. The molecule has 2 amide bonds. The van der Waals surface area contributed by atoms with Gasteiger partial charge in [-0.1, -0.05) is 6.07 Å². The number of ether oxygens (including phenoxy) is 1. The third-order valence-electron chi connectivity index (χ3n) is 2.78. The van der Waals surface area contributed by atoms with Crippen molar-refractivity contribution in [3.63, 3.8) is 0 Å². The summed E-state index contributed by atoms with van der Waals surface area (Å²) in [7, 11) is 1.56. The van der Waals surface area contributed by atoms with Gasteiger partial charge in [0, 0.05) is 11.8 Å². The minimum atomic E-state index is -0.497. The minimum absolute atomic E-state index is 0.0420. The predicted molar refractivity (Wildman–Crippen MR) is 63.0 cm³/mol. The summed E-state index contributed by atoms with van der Waals surface area (Å²) in [5.74, 6) is 0.395. The van der Waals surface area contributed by atoms with Crippen LogP contribution < -0.4 is 15.0 Å². The van der Waals surface area contributed by atoms with Crippen molar-refractivity contribution in [2.24, 2.45) is 0 Å². The molecule has 5 nitrogen and oxygen atoms in total. The van der Waals surface area contributed by atoms with Crippen LogP contribution in [0.25, 0.3) is 0 Å². The number of piperazine rings is 1. The molecule has 1 aromatic rings. The predicted octanol–water partition coefficient (Wildman–Crippen LogP) is 0.546. The Kier molecular flexibility index (Phi) is 2.99. The van der Waals surface area contributed by atoms with E-state index in [4.69, 9.17) is 4.74 Å². The van der Waals surface area contributed by atoms with Crippen molar-refractivity contribution in [2.45, 2.75) is 13.0 Å². The van der Waals surface area contributed by atoms with E-state index in [-0.39, 0.29) is 18.4 Å². The lowest BCUT2D eigenvalue weighted by Crippen LogP contribution is -2.57. The Hall–Kier alpha value is -2.04. The molecule has 2 rings (SSSR count). The van der Waals surface area contributed by atoms with Gasteiger partial charge in [-0.2, -0.15) is 0 Å². The molecule has 1 aliphatic rings. The average molecular weight is 234 g/mol. The van der Waals surface area contributed by atoms with Gasteiger partial charge in [-0.3, -0.25) is 14.5 Å². The van der Waals surface area contributed by atoms with Crippen LogP contribution in [-0.2, 0) is 9.59 Å². The maximum Gasteiger partial charge on any atom is 0.247 e. The lowest BCUT2D eigenvalue weighted by atomic mass is 10.1. The molecule has 1 N–H and O–H groups in total. The van der Waals surface area contributed by atoms with Crippen LogP contribution in [0.3, 0.4) is 0 Å². The number of hydrogen-bond acceptors (Lipinski definition) is 3. The highest BCUT2D eigenvalue weighted by atomic mass is 16.5. The summed E-state index contributed by atoms with van der Waals surface area (Å²) in [6, 6.07) is 6.62. The first-order chi connectivity index (χ1) is 8.13. The Labute approximate surface area is 99.4 Å². The van der Waals surface area contributed by atoms with E-state index in [0.29, 0.717) is 11.4 Å². The second kappa shape index (κ2) is 4.45. The summed E-state index contributed by atoms with van der Waals surface area (Å²) in [6.45, 7) is 1.74. The van der Waals surface area contributed by atoms with Gasteiger partial charge in [0.1, 0.15) is 11.8 Å². The van der Waals surface area contributed by atoms with E-state index in [1.165, 1.54) is 4.90 Å². The second-order valence-corrected chi connectivity index (χ2v) is 3.86. The topological polar surface area (TPSA) is 58.6 Å². The Morgan fingerprint density at radius 2 is 2.18 bits per heavy atom. The van der Waals surface area contributed by atoms with Crippen molar-refractivity contribution in [1.29, 1.82) is 0 Å². The van der Waals surface area contributed by atoms with Crippen LogP contribution in [0.5, 0.6) is 5.75 Å². The van der Waals surface area contributed by atoms with Gasteiger partial charge < -0.3 is 10.1 Å². The number of anilines is 1. The summed E-state index contributed by atoms with van der Waals surface area (Å²) < 4.78 is 5.10. The maximum atomic E-state index is 11.8. The van der Waals surface area contributed by atoms with E-state index in [0.717, 1.165) is 0 Å². The van der Waals surface area contributed by atoms with E-state index in [2.05, 4.69) is 5.32 Å². The molecule has 5 heteroatoms. The molecule has 0 aliphatic carbocycles. The van der Waals surface area contributed by atoms with Crippen LogP contribution in [0.15, 0.2) is 24.3 Å². The molecule has 1 fully saturated rings. The molecule has 0 saturated carbocycles. The molecule has 0 aromatic heterocycles. The highest BCUT2D eigenvalue weighted by molar-refractivity contribution is 6.06. The molecule has 90 valence electrons. The van der Waals surface area contributed by atoms with Gasteiger partial charge in [0.25, 0.3) is 0 Å². The van der Waals surface area contributed by atoms with E-state index < -0.39 is 6.04 Å². The molecule has 0 spiro atoms. The highest BCUT2D eigenvalue weighted by Gasteiger charge is 2.32. The van der Waals surface area contributed by atoms with Crippen molar-refractivity contribution in [3.8, 4) is 5.75 Å². The molecule has 0 bridgehead atoms. The van der Waals surface area contributed by atoms with E-state index >= 15 is 0 Å². The standard InChI is InChI=1S/C12H14N2O3/c1-8-12(16)13-7-11(15)14(8)9-4-3-5-10(6-9)17-2/h3-6,8H,7H2,1-2H3,(H,13,16). The number of carbonyl (C=O) groups is 2. The van der Waals surface area contributed by atoms with Crippen LogP contribution in [0.2, 0.25) is 0 Å². The lowest BCUT2D eigenvalue weighted by Gasteiger charge is -2.32. The third kappa shape index (κ3) is 2.08. The van der Waals surface area contributed by atoms with Crippen molar-refractivity contribution in [1.82, 2.24) is 5.32 Å². The zero-order valence-electron chi connectivity index (χ0n) is 9.77. The van der Waals surface area contributed by atoms with Gasteiger partial charge >= 0.3 is 0 Å². The van der Waals surface area contributed by atoms with Gasteiger partial charge in [-0.05, 0) is 19.1 Å². The Bertz CT molecular complexity index is 459. The van der Waals surface area contributed by atoms with Crippen molar-refractivity contribution < 1.29 is 14.3 Å². The normalized spacial score (nSPS) is 20.1. The number of nitrogens with zero attached hydrogens (tertiary/aromatic N) is 1. The number of methoxy groups -OCH3 is 1. The van der Waals surface area contributed by atoms with Crippen molar-refractivity contribution in [2.75, 3.05) is 18.6 Å². The van der Waals surface area contributed by atoms with Crippen LogP contribution in [-0.4, -0.2) is 31.5 Å². The number of carbonyl (C=O) groups excluding carboxylic acids is 2. The zero-order chi connectivity index (χ0) is 12.4. The summed E-state index contributed by atoms with van der Waals surface area (Å²) in [4.78, 5) is 24.8. The first kappa shape index (κ1) is 11.4. The summed E-state index contributed by atoms with van der Waals surface area (Å²) in [5, 5.41) is 2.55. The molecule has 17 heavy (non-hydrogen) atoms. The van der Waals surface area contributed by atoms with Gasteiger partial charge in [0.15, 0.2) is 0 Å². The Morgan fingerprint density at radius 3 is 2.88 bits per heavy atom. The third-order valence-corrected chi connectivity index (χ3v) is 2.78. The second-order valence-electron chi connectivity index (χ2n) is 3.86. The largest absolute Gasteiger partial charge is 0.497 e. The van der Waals surface area contributed by atoms with Crippen LogP contribution in [0, 0.1) is 0 Å². The number of benzene rings is 1. The smallest absolute Gasteiger partial charge is 0.247 e. The van der Waals surface area contributed by atoms with Crippen LogP contribution in [0.4, 0.5) is 5.69 Å². The molecule has 0 radical (unpaired) electrons. The van der Waals surface area contributed by atoms with E-state index in [1.807, 2.05) is 0 Å². The zero-order valence-corrected chi connectivity index (χ0v) is 9.77. The summed E-state index contributed by atoms with van der Waals surface area (Å²) >= 11 is 0. The molecule has 1 unspecified atom stereocenters. The summed E-state index contributed by atoms with van der Waals surface area (Å²) in [6.07, 6.45) is 0. The number of rotatable bonds is 2. The maximum absolute atomic E-state index is 11.8. The Balaban J connectivity index is 2.35. The quantitative estimate of drug-likeness (QED) is 0.812. The summed E-state index contributed by atoms with van der Waals surface area (Å²) in [5.41, 5.74) is 0.678. The monoisotopic (exact) mass is 234 g/mol. The molecule has 1 aromatic carbocycles. The fourth-order valence-corrected chi connectivity index (χ4v) is 1.86. The van der Waals surface area contributed by atoms with Gasteiger partial charge in [-0.15, -0.1) is 0 Å². The molecular weight excluding hydrogens is 220 g/mol. The van der Waals surface area contributed by atoms with Gasteiger partial charge in [-0.25, -0.2) is 0 Å².